The number of hydrogen-bond donors (Lipinski definition) is 2. The Bertz CT molecular complexity index is 492. The summed E-state index contributed by atoms with van der Waals surface area (Å²) in [5, 5.41) is 10.9. The lowest BCUT2D eigenvalue weighted by Crippen LogP contribution is -2.15. The number of nitrogens with two attached hydrogens (primary N) is 1. The summed E-state index contributed by atoms with van der Waals surface area (Å²) in [6.07, 6.45) is 4.95. The van der Waals surface area contributed by atoms with Crippen molar-refractivity contribution in [2.24, 2.45) is 0 Å². The van der Waals surface area contributed by atoms with Crippen molar-refractivity contribution in [3.63, 3.8) is 0 Å². The smallest absolute Gasteiger partial charge is 0.135 e. The quantitative estimate of drug-likeness (QED) is 0.814. The minimum absolute atomic E-state index is 0.278. The van der Waals surface area contributed by atoms with Crippen LogP contribution in [0.15, 0.2) is 18.7 Å². The monoisotopic (exact) mass is 247 g/mol. The van der Waals surface area contributed by atoms with Gasteiger partial charge in [0.15, 0.2) is 0 Å². The topological polar surface area (TPSA) is 94.5 Å². The van der Waals surface area contributed by atoms with E-state index in [9.17, 15) is 0 Å². The van der Waals surface area contributed by atoms with Gasteiger partial charge in [0, 0.05) is 18.3 Å². The second-order valence-corrected chi connectivity index (χ2v) is 4.27. The Balaban J connectivity index is 2.03. The summed E-state index contributed by atoms with van der Waals surface area (Å²) in [6.45, 7) is 5.57. The zero-order chi connectivity index (χ0) is 13.0. The molecule has 0 spiro atoms. The van der Waals surface area contributed by atoms with Gasteiger partial charge >= 0.3 is 0 Å². The molecule has 0 aliphatic heterocycles. The average Bonchev–Trinajstić information content (AvgIpc) is 2.81. The third-order valence-electron chi connectivity index (χ3n) is 2.60. The molecule has 7 nitrogen and oxygen atoms in total. The van der Waals surface area contributed by atoms with E-state index >= 15 is 0 Å². The molecular weight excluding hydrogens is 230 g/mol. The molecule has 0 radical (unpaired) electrons. The molecule has 7 heteroatoms. The largest absolute Gasteiger partial charge is 0.383 e. The van der Waals surface area contributed by atoms with Crippen molar-refractivity contribution in [1.82, 2.24) is 25.0 Å². The summed E-state index contributed by atoms with van der Waals surface area (Å²) in [7, 11) is 0. The molecule has 2 heterocycles. The third-order valence-corrected chi connectivity index (χ3v) is 2.60. The van der Waals surface area contributed by atoms with E-state index in [1.54, 1.807) is 10.9 Å². The first kappa shape index (κ1) is 12.3. The highest BCUT2D eigenvalue weighted by atomic mass is 15.4. The second-order valence-electron chi connectivity index (χ2n) is 4.27. The van der Waals surface area contributed by atoms with Gasteiger partial charge in [-0.2, -0.15) is 0 Å². The van der Waals surface area contributed by atoms with Gasteiger partial charge in [0.1, 0.15) is 18.0 Å². The van der Waals surface area contributed by atoms with Crippen LogP contribution in [-0.4, -0.2) is 31.5 Å². The first-order valence-corrected chi connectivity index (χ1v) is 5.87. The molecule has 2 aromatic rings. The summed E-state index contributed by atoms with van der Waals surface area (Å²) >= 11 is 0. The Labute approximate surface area is 105 Å². The van der Waals surface area contributed by atoms with Crippen molar-refractivity contribution in [3.8, 4) is 0 Å². The van der Waals surface area contributed by atoms with Crippen LogP contribution in [-0.2, 0) is 6.54 Å². The predicted octanol–water partition coefficient (Wildman–Crippen LogP) is 0.886. The van der Waals surface area contributed by atoms with Crippen molar-refractivity contribution < 1.29 is 0 Å². The minimum atomic E-state index is 0.278. The molecule has 0 aliphatic carbocycles. The number of aromatic nitrogens is 5. The maximum absolute atomic E-state index is 5.87. The van der Waals surface area contributed by atoms with Gasteiger partial charge in [0.25, 0.3) is 0 Å². The summed E-state index contributed by atoms with van der Waals surface area (Å²) in [5.41, 5.74) is 6.82. The maximum Gasteiger partial charge on any atom is 0.135 e. The molecule has 0 aromatic carbocycles. The number of anilines is 2. The second kappa shape index (κ2) is 5.44. The van der Waals surface area contributed by atoms with E-state index in [1.165, 1.54) is 6.33 Å². The van der Waals surface area contributed by atoms with Crippen LogP contribution in [0, 0.1) is 0 Å². The standard InChI is InChI=1S/C11H17N7/c1-8(2)9-10(12)14-7-15-11(9)13-3-5-18-6-4-16-17-18/h4,6-8H,3,5H2,1-2H3,(H3,12,13,14,15). The molecule has 0 saturated carbocycles. The van der Waals surface area contributed by atoms with E-state index in [-0.39, 0.29) is 5.92 Å². The highest BCUT2D eigenvalue weighted by Crippen LogP contribution is 2.25. The molecule has 2 rings (SSSR count). The van der Waals surface area contributed by atoms with Crippen molar-refractivity contribution in [3.05, 3.63) is 24.3 Å². The Morgan fingerprint density at radius 3 is 2.89 bits per heavy atom. The van der Waals surface area contributed by atoms with Crippen LogP contribution in [0.5, 0.6) is 0 Å². The number of hydrogen-bond acceptors (Lipinski definition) is 6. The van der Waals surface area contributed by atoms with Crippen molar-refractivity contribution in [2.45, 2.75) is 26.3 Å². The molecule has 0 amide bonds. The van der Waals surface area contributed by atoms with Gasteiger partial charge < -0.3 is 11.1 Å². The van der Waals surface area contributed by atoms with Gasteiger partial charge in [-0.05, 0) is 5.92 Å². The number of nitrogens with zero attached hydrogens (tertiary/aromatic N) is 5. The molecule has 3 N–H and O–H groups in total. The van der Waals surface area contributed by atoms with E-state index < -0.39 is 0 Å². The van der Waals surface area contributed by atoms with Crippen LogP contribution in [0.1, 0.15) is 25.3 Å². The lowest BCUT2D eigenvalue weighted by Gasteiger charge is -2.14. The van der Waals surface area contributed by atoms with Gasteiger partial charge in [0.2, 0.25) is 0 Å². The van der Waals surface area contributed by atoms with Crippen molar-refractivity contribution >= 4 is 11.6 Å². The Hall–Kier alpha value is -2.18. The van der Waals surface area contributed by atoms with Gasteiger partial charge in [0.05, 0.1) is 12.7 Å². The van der Waals surface area contributed by atoms with Crippen LogP contribution in [0.2, 0.25) is 0 Å². The predicted molar refractivity (Wildman–Crippen MR) is 69.0 cm³/mol. The highest BCUT2D eigenvalue weighted by molar-refractivity contribution is 5.56. The molecule has 0 saturated heterocycles. The fraction of sp³-hybridized carbons (Fsp3) is 0.455. The summed E-state index contributed by atoms with van der Waals surface area (Å²) in [5.74, 6) is 1.60. The molecule has 0 aliphatic rings. The lowest BCUT2D eigenvalue weighted by molar-refractivity contribution is 0.607. The fourth-order valence-corrected chi connectivity index (χ4v) is 1.76. The zero-order valence-electron chi connectivity index (χ0n) is 10.5. The summed E-state index contributed by atoms with van der Waals surface area (Å²) < 4.78 is 1.76. The molecule has 0 atom stereocenters. The molecule has 96 valence electrons. The van der Waals surface area contributed by atoms with Crippen molar-refractivity contribution in [1.29, 1.82) is 0 Å². The van der Waals surface area contributed by atoms with Crippen molar-refractivity contribution in [2.75, 3.05) is 17.6 Å². The van der Waals surface area contributed by atoms with Crippen LogP contribution in [0.3, 0.4) is 0 Å². The molecule has 18 heavy (non-hydrogen) atoms. The normalized spacial score (nSPS) is 10.8. The highest BCUT2D eigenvalue weighted by Gasteiger charge is 2.12. The molecule has 0 fully saturated rings. The Morgan fingerprint density at radius 1 is 1.39 bits per heavy atom. The molecular formula is C11H17N7. The number of rotatable bonds is 5. The molecule has 0 unspecified atom stereocenters. The third kappa shape index (κ3) is 2.73. The average molecular weight is 247 g/mol. The first-order chi connectivity index (χ1) is 8.68. The van der Waals surface area contributed by atoms with E-state index in [0.29, 0.717) is 12.4 Å². The van der Waals surface area contributed by atoms with Crippen LogP contribution >= 0.6 is 0 Å². The van der Waals surface area contributed by atoms with Gasteiger partial charge in [-0.15, -0.1) is 5.10 Å². The summed E-state index contributed by atoms with van der Waals surface area (Å²) in [6, 6.07) is 0. The minimum Gasteiger partial charge on any atom is -0.383 e. The SMILES string of the molecule is CC(C)c1c(N)ncnc1NCCn1ccnn1. The van der Waals surface area contributed by atoms with E-state index in [1.807, 2.05) is 6.20 Å². The number of nitrogen functional groups attached to an aromatic ring is 1. The Kier molecular flexibility index (Phi) is 3.71. The Morgan fingerprint density at radius 2 is 2.22 bits per heavy atom. The summed E-state index contributed by atoms with van der Waals surface area (Å²) in [4.78, 5) is 8.25. The van der Waals surface area contributed by atoms with Gasteiger partial charge in [-0.25, -0.2) is 9.97 Å². The molecule has 2 aromatic heterocycles. The fourth-order valence-electron chi connectivity index (χ4n) is 1.76. The number of nitrogens with one attached hydrogen (secondary N) is 1. The van der Waals surface area contributed by atoms with E-state index in [2.05, 4.69) is 39.4 Å². The first-order valence-electron chi connectivity index (χ1n) is 5.87. The maximum atomic E-state index is 5.87. The molecule has 0 bridgehead atoms. The van der Waals surface area contributed by atoms with Crippen LogP contribution in [0.4, 0.5) is 11.6 Å². The lowest BCUT2D eigenvalue weighted by atomic mass is 10.0. The van der Waals surface area contributed by atoms with Gasteiger partial charge in [-0.1, -0.05) is 19.1 Å². The van der Waals surface area contributed by atoms with Crippen LogP contribution < -0.4 is 11.1 Å². The zero-order valence-corrected chi connectivity index (χ0v) is 10.5. The van der Waals surface area contributed by atoms with E-state index in [4.69, 9.17) is 5.73 Å². The van der Waals surface area contributed by atoms with Crippen LogP contribution in [0.25, 0.3) is 0 Å². The van der Waals surface area contributed by atoms with Gasteiger partial charge in [-0.3, -0.25) is 4.68 Å². The van der Waals surface area contributed by atoms with E-state index in [0.717, 1.165) is 17.9 Å².